The molecule has 0 amide bonds. The average Bonchev–Trinajstić information content (AvgIpc) is 3.03. The molecule has 0 fully saturated rings. The molecule has 0 aliphatic carbocycles. The SMILES string of the molecule is CCCCOCCOCCNC(=NCc1c(C)nn(Cc2ccccc2)c1C)NCC.I. The lowest BCUT2D eigenvalue weighted by Gasteiger charge is -2.12. The van der Waals surface area contributed by atoms with Crippen molar-refractivity contribution in [2.45, 2.75) is 53.6 Å². The number of guanidine groups is 1. The van der Waals surface area contributed by atoms with Crippen molar-refractivity contribution in [3.05, 3.63) is 52.8 Å². The molecule has 0 atom stereocenters. The average molecular weight is 558 g/mol. The lowest BCUT2D eigenvalue weighted by atomic mass is 10.2. The molecular formula is C24H40IN5O2. The van der Waals surface area contributed by atoms with Crippen molar-refractivity contribution >= 4 is 29.9 Å². The minimum absolute atomic E-state index is 0. The lowest BCUT2D eigenvalue weighted by Crippen LogP contribution is -2.39. The summed E-state index contributed by atoms with van der Waals surface area (Å²) in [5, 5.41) is 11.4. The molecule has 0 saturated heterocycles. The van der Waals surface area contributed by atoms with E-state index < -0.39 is 0 Å². The predicted octanol–water partition coefficient (Wildman–Crippen LogP) is 4.05. The first kappa shape index (κ1) is 28.4. The molecule has 0 unspecified atom stereocenters. The van der Waals surface area contributed by atoms with Crippen molar-refractivity contribution in [3.63, 3.8) is 0 Å². The zero-order valence-electron chi connectivity index (χ0n) is 20.0. The van der Waals surface area contributed by atoms with E-state index in [1.807, 2.05) is 6.07 Å². The van der Waals surface area contributed by atoms with E-state index in [-0.39, 0.29) is 24.0 Å². The second kappa shape index (κ2) is 16.9. The fraction of sp³-hybridized carbons (Fsp3) is 0.583. The monoisotopic (exact) mass is 557 g/mol. The van der Waals surface area contributed by atoms with Crippen LogP contribution in [0.2, 0.25) is 0 Å². The van der Waals surface area contributed by atoms with Crippen LogP contribution in [0.1, 0.15) is 49.2 Å². The molecule has 0 radical (unpaired) electrons. The van der Waals surface area contributed by atoms with Gasteiger partial charge in [-0.05, 0) is 32.8 Å². The molecule has 1 aromatic heterocycles. The van der Waals surface area contributed by atoms with E-state index in [0.717, 1.165) is 49.9 Å². The van der Waals surface area contributed by atoms with Crippen molar-refractivity contribution in [2.75, 3.05) is 39.5 Å². The fourth-order valence-corrected chi connectivity index (χ4v) is 3.18. The molecule has 1 aromatic carbocycles. The number of nitrogens with one attached hydrogen (secondary N) is 2. The Bertz CT molecular complexity index is 780. The number of halogens is 1. The van der Waals surface area contributed by atoms with Gasteiger partial charge in [-0.3, -0.25) is 4.68 Å². The summed E-state index contributed by atoms with van der Waals surface area (Å²) in [6, 6.07) is 10.4. The number of aromatic nitrogens is 2. The standard InChI is InChI=1S/C24H39N5O2.HI/c1-5-7-14-30-16-17-31-15-13-26-24(25-6-2)27-18-23-20(3)28-29(21(23)4)19-22-11-9-8-10-12-22;/h8-12H,5-7,13-19H2,1-4H3,(H2,25,26,27);1H. The Hall–Kier alpha value is -1.65. The molecule has 2 aromatic rings. The summed E-state index contributed by atoms with van der Waals surface area (Å²) in [5.41, 5.74) is 4.61. The number of nitrogens with zero attached hydrogens (tertiary/aromatic N) is 3. The van der Waals surface area contributed by atoms with Gasteiger partial charge in [0.2, 0.25) is 0 Å². The van der Waals surface area contributed by atoms with Gasteiger partial charge in [0.05, 0.1) is 38.6 Å². The minimum atomic E-state index is 0. The molecule has 2 rings (SSSR count). The molecule has 7 nitrogen and oxygen atoms in total. The Labute approximate surface area is 210 Å². The van der Waals surface area contributed by atoms with E-state index in [1.165, 1.54) is 11.1 Å². The summed E-state index contributed by atoms with van der Waals surface area (Å²) >= 11 is 0. The third-order valence-corrected chi connectivity index (χ3v) is 5.00. The van der Waals surface area contributed by atoms with Gasteiger partial charge in [-0.25, -0.2) is 4.99 Å². The second-order valence-electron chi connectivity index (χ2n) is 7.49. The van der Waals surface area contributed by atoms with Gasteiger partial charge in [0.1, 0.15) is 0 Å². The molecule has 0 saturated carbocycles. The second-order valence-corrected chi connectivity index (χ2v) is 7.49. The van der Waals surface area contributed by atoms with Gasteiger partial charge in [-0.1, -0.05) is 43.7 Å². The number of ether oxygens (including phenoxy) is 2. The Balaban J connectivity index is 0.00000512. The maximum absolute atomic E-state index is 5.62. The smallest absolute Gasteiger partial charge is 0.191 e. The van der Waals surface area contributed by atoms with Crippen LogP contribution < -0.4 is 10.6 Å². The molecule has 0 aliphatic rings. The molecule has 0 aliphatic heterocycles. The van der Waals surface area contributed by atoms with Crippen molar-refractivity contribution in [1.82, 2.24) is 20.4 Å². The molecule has 2 N–H and O–H groups in total. The number of hydrogen-bond donors (Lipinski definition) is 2. The van der Waals surface area contributed by atoms with Crippen LogP contribution in [0, 0.1) is 13.8 Å². The van der Waals surface area contributed by atoms with E-state index in [9.17, 15) is 0 Å². The zero-order chi connectivity index (χ0) is 22.3. The molecule has 1 heterocycles. The Morgan fingerprint density at radius 1 is 1.00 bits per heavy atom. The van der Waals surface area contributed by atoms with Crippen LogP contribution in [0.3, 0.4) is 0 Å². The third kappa shape index (κ3) is 10.3. The Morgan fingerprint density at radius 2 is 1.72 bits per heavy atom. The van der Waals surface area contributed by atoms with Crippen LogP contribution in [-0.4, -0.2) is 55.3 Å². The number of rotatable bonds is 14. The highest BCUT2D eigenvalue weighted by Gasteiger charge is 2.11. The topological polar surface area (TPSA) is 72.7 Å². The summed E-state index contributed by atoms with van der Waals surface area (Å²) in [6.07, 6.45) is 2.26. The van der Waals surface area contributed by atoms with Crippen LogP contribution in [0.4, 0.5) is 0 Å². The van der Waals surface area contributed by atoms with Gasteiger partial charge in [0.15, 0.2) is 5.96 Å². The maximum Gasteiger partial charge on any atom is 0.191 e. The van der Waals surface area contributed by atoms with Gasteiger partial charge in [0, 0.05) is 31.0 Å². The summed E-state index contributed by atoms with van der Waals surface area (Å²) in [4.78, 5) is 4.75. The van der Waals surface area contributed by atoms with Crippen LogP contribution in [0.15, 0.2) is 35.3 Å². The first-order chi connectivity index (χ1) is 15.2. The normalized spacial score (nSPS) is 11.3. The number of hydrogen-bond acceptors (Lipinski definition) is 4. The van der Waals surface area contributed by atoms with E-state index in [4.69, 9.17) is 19.6 Å². The number of benzene rings is 1. The summed E-state index contributed by atoms with van der Waals surface area (Å²) in [7, 11) is 0. The lowest BCUT2D eigenvalue weighted by molar-refractivity contribution is 0.0487. The largest absolute Gasteiger partial charge is 0.379 e. The highest BCUT2D eigenvalue weighted by Crippen LogP contribution is 2.16. The Morgan fingerprint density at radius 3 is 2.41 bits per heavy atom. The van der Waals surface area contributed by atoms with Crippen LogP contribution in [-0.2, 0) is 22.6 Å². The molecular weight excluding hydrogens is 517 g/mol. The number of unbranched alkanes of at least 4 members (excludes halogenated alkanes) is 1. The van der Waals surface area contributed by atoms with Gasteiger partial charge in [-0.2, -0.15) is 5.10 Å². The highest BCUT2D eigenvalue weighted by molar-refractivity contribution is 14.0. The first-order valence-corrected chi connectivity index (χ1v) is 11.4. The Kier molecular flexibility index (Phi) is 15.0. The first-order valence-electron chi connectivity index (χ1n) is 11.4. The van der Waals surface area contributed by atoms with E-state index in [1.54, 1.807) is 0 Å². The molecule has 180 valence electrons. The predicted molar refractivity (Wildman–Crippen MR) is 142 cm³/mol. The van der Waals surface area contributed by atoms with Gasteiger partial charge < -0.3 is 20.1 Å². The molecule has 32 heavy (non-hydrogen) atoms. The van der Waals surface area contributed by atoms with Gasteiger partial charge in [0.25, 0.3) is 0 Å². The third-order valence-electron chi connectivity index (χ3n) is 5.00. The van der Waals surface area contributed by atoms with Crippen molar-refractivity contribution < 1.29 is 9.47 Å². The van der Waals surface area contributed by atoms with Crippen LogP contribution >= 0.6 is 24.0 Å². The van der Waals surface area contributed by atoms with Crippen molar-refractivity contribution in [1.29, 1.82) is 0 Å². The minimum Gasteiger partial charge on any atom is -0.379 e. The molecule has 8 heteroatoms. The fourth-order valence-electron chi connectivity index (χ4n) is 3.18. The summed E-state index contributed by atoms with van der Waals surface area (Å²) in [6.45, 7) is 14.0. The molecule has 0 spiro atoms. The highest BCUT2D eigenvalue weighted by atomic mass is 127. The quantitative estimate of drug-likeness (QED) is 0.159. The maximum atomic E-state index is 5.62. The summed E-state index contributed by atoms with van der Waals surface area (Å²) in [5.74, 6) is 0.792. The van der Waals surface area contributed by atoms with Crippen LogP contribution in [0.5, 0.6) is 0 Å². The van der Waals surface area contributed by atoms with E-state index >= 15 is 0 Å². The van der Waals surface area contributed by atoms with Crippen molar-refractivity contribution in [3.8, 4) is 0 Å². The molecule has 0 bridgehead atoms. The van der Waals surface area contributed by atoms with Crippen molar-refractivity contribution in [2.24, 2.45) is 4.99 Å². The van der Waals surface area contributed by atoms with Gasteiger partial charge in [-0.15, -0.1) is 24.0 Å². The summed E-state index contributed by atoms with van der Waals surface area (Å²) < 4.78 is 13.2. The number of aliphatic imine (C=N–C) groups is 1. The van der Waals surface area contributed by atoms with Gasteiger partial charge >= 0.3 is 0 Å². The van der Waals surface area contributed by atoms with Crippen LogP contribution in [0.25, 0.3) is 0 Å². The van der Waals surface area contributed by atoms with E-state index in [0.29, 0.717) is 32.9 Å². The zero-order valence-corrected chi connectivity index (χ0v) is 22.4. The number of aryl methyl sites for hydroxylation is 1. The van der Waals surface area contributed by atoms with E-state index in [2.05, 4.69) is 67.3 Å².